The summed E-state index contributed by atoms with van der Waals surface area (Å²) in [6.07, 6.45) is 0.315. The summed E-state index contributed by atoms with van der Waals surface area (Å²) in [7, 11) is 0. The summed E-state index contributed by atoms with van der Waals surface area (Å²) in [5, 5.41) is 18.6. The lowest BCUT2D eigenvalue weighted by molar-refractivity contribution is 0.195. The van der Waals surface area contributed by atoms with E-state index in [4.69, 9.17) is 0 Å². The second-order valence-electron chi connectivity index (χ2n) is 3.55. The smallest absolute Gasteiger partial charge is 0.118 e. The highest BCUT2D eigenvalue weighted by Crippen LogP contribution is 2.23. The molecule has 0 aliphatic rings. The van der Waals surface area contributed by atoms with Gasteiger partial charge in [-0.3, -0.25) is 0 Å². The van der Waals surface area contributed by atoms with Gasteiger partial charge in [-0.15, -0.1) is 0 Å². The van der Waals surface area contributed by atoms with Crippen molar-refractivity contribution in [1.29, 1.82) is 0 Å². The maximum Gasteiger partial charge on any atom is 0.118 e. The summed E-state index contributed by atoms with van der Waals surface area (Å²) >= 11 is 0. The molecular formula is C11H16O2. The van der Waals surface area contributed by atoms with Gasteiger partial charge in [0.05, 0.1) is 6.10 Å². The summed E-state index contributed by atoms with van der Waals surface area (Å²) in [6, 6.07) is 3.55. The second kappa shape index (κ2) is 3.79. The highest BCUT2D eigenvalue weighted by Gasteiger charge is 2.06. The minimum absolute atomic E-state index is 0.326. The van der Waals surface area contributed by atoms with Crippen molar-refractivity contribution in [3.8, 4) is 5.75 Å². The van der Waals surface area contributed by atoms with E-state index in [2.05, 4.69) is 0 Å². The summed E-state index contributed by atoms with van der Waals surface area (Å²) in [5.41, 5.74) is 3.07. The van der Waals surface area contributed by atoms with Crippen molar-refractivity contribution in [2.45, 2.75) is 33.3 Å². The van der Waals surface area contributed by atoms with Gasteiger partial charge in [-0.05, 0) is 49.9 Å². The van der Waals surface area contributed by atoms with Gasteiger partial charge in [0.25, 0.3) is 0 Å². The van der Waals surface area contributed by atoms with E-state index in [1.165, 1.54) is 0 Å². The molecule has 0 bridgehead atoms. The standard InChI is InChI=1S/C11H16O2/c1-7(12)6-10-4-5-11(13)9(3)8(10)2/h4-5,7,12-13H,6H2,1-3H3. The largest absolute Gasteiger partial charge is 0.508 e. The molecule has 1 atom stereocenters. The Bertz CT molecular complexity index is 303. The average molecular weight is 180 g/mol. The van der Waals surface area contributed by atoms with Crippen molar-refractivity contribution in [2.24, 2.45) is 0 Å². The molecule has 0 aliphatic heterocycles. The maximum atomic E-state index is 9.40. The van der Waals surface area contributed by atoms with Crippen LogP contribution < -0.4 is 0 Å². The molecule has 0 heterocycles. The highest BCUT2D eigenvalue weighted by molar-refractivity contribution is 5.42. The fourth-order valence-electron chi connectivity index (χ4n) is 1.40. The van der Waals surface area contributed by atoms with Gasteiger partial charge in [0, 0.05) is 0 Å². The first-order valence-electron chi connectivity index (χ1n) is 4.48. The van der Waals surface area contributed by atoms with Crippen LogP contribution in [0.2, 0.25) is 0 Å². The van der Waals surface area contributed by atoms with Gasteiger partial charge in [-0.2, -0.15) is 0 Å². The molecule has 13 heavy (non-hydrogen) atoms. The molecule has 1 rings (SSSR count). The monoisotopic (exact) mass is 180 g/mol. The van der Waals surface area contributed by atoms with Crippen molar-refractivity contribution < 1.29 is 10.2 Å². The first-order chi connectivity index (χ1) is 6.02. The third-order valence-electron chi connectivity index (χ3n) is 2.39. The van der Waals surface area contributed by atoms with Crippen LogP contribution in [0.15, 0.2) is 12.1 Å². The molecule has 0 radical (unpaired) electrons. The summed E-state index contributed by atoms with van der Waals surface area (Å²) < 4.78 is 0. The Labute approximate surface area is 78.8 Å². The number of aliphatic hydroxyl groups excluding tert-OH is 1. The number of phenolic OH excluding ortho intramolecular Hbond substituents is 1. The molecule has 1 unspecified atom stereocenters. The minimum atomic E-state index is -0.331. The molecule has 72 valence electrons. The van der Waals surface area contributed by atoms with Gasteiger partial charge in [0.2, 0.25) is 0 Å². The minimum Gasteiger partial charge on any atom is -0.508 e. The van der Waals surface area contributed by atoms with E-state index in [-0.39, 0.29) is 6.10 Å². The summed E-state index contributed by atoms with van der Waals surface area (Å²) in [6.45, 7) is 5.62. The van der Waals surface area contributed by atoms with E-state index in [1.807, 2.05) is 19.9 Å². The molecule has 1 aromatic carbocycles. The van der Waals surface area contributed by atoms with Crippen molar-refractivity contribution in [1.82, 2.24) is 0 Å². The summed E-state index contributed by atoms with van der Waals surface area (Å²) in [5.74, 6) is 0.326. The van der Waals surface area contributed by atoms with Crippen LogP contribution in [0.25, 0.3) is 0 Å². The quantitative estimate of drug-likeness (QED) is 0.730. The Morgan fingerprint density at radius 1 is 1.23 bits per heavy atom. The van der Waals surface area contributed by atoms with Gasteiger partial charge >= 0.3 is 0 Å². The van der Waals surface area contributed by atoms with Crippen LogP contribution in [0.5, 0.6) is 5.75 Å². The van der Waals surface area contributed by atoms with E-state index in [0.29, 0.717) is 12.2 Å². The maximum absolute atomic E-state index is 9.40. The van der Waals surface area contributed by atoms with E-state index >= 15 is 0 Å². The van der Waals surface area contributed by atoms with Crippen LogP contribution in [-0.2, 0) is 6.42 Å². The number of aliphatic hydroxyl groups is 1. The topological polar surface area (TPSA) is 40.5 Å². The lowest BCUT2D eigenvalue weighted by atomic mass is 9.98. The number of phenols is 1. The van der Waals surface area contributed by atoms with Crippen LogP contribution in [-0.4, -0.2) is 16.3 Å². The molecule has 0 spiro atoms. The Balaban J connectivity index is 3.04. The van der Waals surface area contributed by atoms with Crippen LogP contribution in [0, 0.1) is 13.8 Å². The van der Waals surface area contributed by atoms with E-state index in [1.54, 1.807) is 13.0 Å². The average Bonchev–Trinajstić information content (AvgIpc) is 2.06. The summed E-state index contributed by atoms with van der Waals surface area (Å²) in [4.78, 5) is 0. The number of aromatic hydroxyl groups is 1. The van der Waals surface area contributed by atoms with Crippen molar-refractivity contribution in [3.05, 3.63) is 28.8 Å². The molecule has 0 aliphatic carbocycles. The highest BCUT2D eigenvalue weighted by atomic mass is 16.3. The fraction of sp³-hybridized carbons (Fsp3) is 0.455. The van der Waals surface area contributed by atoms with E-state index < -0.39 is 0 Å². The molecule has 0 amide bonds. The molecule has 1 aromatic rings. The third-order valence-corrected chi connectivity index (χ3v) is 2.39. The van der Waals surface area contributed by atoms with Crippen LogP contribution in [0.1, 0.15) is 23.6 Å². The third kappa shape index (κ3) is 2.22. The zero-order chi connectivity index (χ0) is 10.0. The van der Waals surface area contributed by atoms with Gasteiger partial charge in [0.15, 0.2) is 0 Å². The van der Waals surface area contributed by atoms with Crippen molar-refractivity contribution in [2.75, 3.05) is 0 Å². The van der Waals surface area contributed by atoms with Crippen molar-refractivity contribution >= 4 is 0 Å². The number of rotatable bonds is 2. The lowest BCUT2D eigenvalue weighted by Gasteiger charge is -2.11. The van der Waals surface area contributed by atoms with Gasteiger partial charge in [-0.25, -0.2) is 0 Å². The first-order valence-corrected chi connectivity index (χ1v) is 4.48. The van der Waals surface area contributed by atoms with E-state index in [0.717, 1.165) is 16.7 Å². The first kappa shape index (κ1) is 10.1. The predicted molar refractivity (Wildman–Crippen MR) is 53.0 cm³/mol. The van der Waals surface area contributed by atoms with Crippen LogP contribution >= 0.6 is 0 Å². The molecule has 0 aromatic heterocycles. The second-order valence-corrected chi connectivity index (χ2v) is 3.55. The molecule has 2 N–H and O–H groups in total. The number of hydrogen-bond donors (Lipinski definition) is 2. The number of hydrogen-bond acceptors (Lipinski definition) is 2. The molecule has 2 heteroatoms. The Morgan fingerprint density at radius 2 is 1.85 bits per heavy atom. The molecule has 2 nitrogen and oxygen atoms in total. The Hall–Kier alpha value is -1.02. The van der Waals surface area contributed by atoms with Gasteiger partial charge in [-0.1, -0.05) is 6.07 Å². The van der Waals surface area contributed by atoms with Gasteiger partial charge < -0.3 is 10.2 Å². The molecule has 0 fully saturated rings. The predicted octanol–water partition coefficient (Wildman–Crippen LogP) is 1.93. The zero-order valence-electron chi connectivity index (χ0n) is 8.33. The normalized spacial score (nSPS) is 12.9. The lowest BCUT2D eigenvalue weighted by Crippen LogP contribution is -2.06. The SMILES string of the molecule is Cc1c(O)ccc(CC(C)O)c1C. The fourth-order valence-corrected chi connectivity index (χ4v) is 1.40. The Morgan fingerprint density at radius 3 is 2.38 bits per heavy atom. The van der Waals surface area contributed by atoms with E-state index in [9.17, 15) is 10.2 Å². The zero-order valence-corrected chi connectivity index (χ0v) is 8.33. The Kier molecular flexibility index (Phi) is 2.94. The number of benzene rings is 1. The molecular weight excluding hydrogens is 164 g/mol. The molecule has 0 saturated carbocycles. The van der Waals surface area contributed by atoms with Crippen LogP contribution in [0.4, 0.5) is 0 Å². The van der Waals surface area contributed by atoms with Crippen molar-refractivity contribution in [3.63, 3.8) is 0 Å². The van der Waals surface area contributed by atoms with Gasteiger partial charge in [0.1, 0.15) is 5.75 Å². The molecule has 0 saturated heterocycles. The van der Waals surface area contributed by atoms with Crippen LogP contribution in [0.3, 0.4) is 0 Å².